The van der Waals surface area contributed by atoms with Gasteiger partial charge >= 0.3 is 6.18 Å². The third kappa shape index (κ3) is 4.07. The summed E-state index contributed by atoms with van der Waals surface area (Å²) in [7, 11) is 0. The second kappa shape index (κ2) is 5.56. The van der Waals surface area contributed by atoms with E-state index in [9.17, 15) is 18.0 Å². The summed E-state index contributed by atoms with van der Waals surface area (Å²) in [6.07, 6.45) is -4.27. The molecule has 2 N–H and O–H groups in total. The van der Waals surface area contributed by atoms with Crippen molar-refractivity contribution in [3.05, 3.63) is 34.9 Å². The first-order chi connectivity index (χ1) is 8.93. The molecular formula is C15H20F3NO. The van der Waals surface area contributed by atoms with Crippen LogP contribution in [0, 0.1) is 12.3 Å². The summed E-state index contributed by atoms with van der Waals surface area (Å²) >= 11 is 0. The van der Waals surface area contributed by atoms with Crippen LogP contribution in [0.1, 0.15) is 48.7 Å². The lowest BCUT2D eigenvalue weighted by atomic mass is 9.83. The highest BCUT2D eigenvalue weighted by Crippen LogP contribution is 2.31. The zero-order valence-corrected chi connectivity index (χ0v) is 12.1. The van der Waals surface area contributed by atoms with Crippen molar-refractivity contribution in [2.24, 2.45) is 11.1 Å². The predicted molar refractivity (Wildman–Crippen MR) is 72.6 cm³/mol. The molecule has 1 atom stereocenters. The number of aryl methyl sites for hydroxylation is 1. The van der Waals surface area contributed by atoms with Crippen molar-refractivity contribution in [2.45, 2.75) is 46.3 Å². The Morgan fingerprint density at radius 1 is 1.25 bits per heavy atom. The number of carbonyl (C=O) groups excluding carboxylic acids is 1. The molecule has 0 aliphatic rings. The molecule has 0 spiro atoms. The van der Waals surface area contributed by atoms with Crippen molar-refractivity contribution in [1.82, 2.24) is 0 Å². The van der Waals surface area contributed by atoms with E-state index >= 15 is 0 Å². The zero-order valence-electron chi connectivity index (χ0n) is 12.1. The second-order valence-corrected chi connectivity index (χ2v) is 6.13. The van der Waals surface area contributed by atoms with Crippen molar-refractivity contribution in [2.75, 3.05) is 0 Å². The Labute approximate surface area is 117 Å². The first-order valence-electron chi connectivity index (χ1n) is 6.39. The van der Waals surface area contributed by atoms with Crippen molar-refractivity contribution in [1.29, 1.82) is 0 Å². The Kier molecular flexibility index (Phi) is 4.64. The normalized spacial score (nSPS) is 14.2. The molecule has 0 saturated carbocycles. The lowest BCUT2D eigenvalue weighted by Gasteiger charge is -2.26. The van der Waals surface area contributed by atoms with Gasteiger partial charge < -0.3 is 5.73 Å². The molecule has 1 aromatic rings. The van der Waals surface area contributed by atoms with Crippen LogP contribution in [-0.2, 0) is 6.18 Å². The minimum Gasteiger partial charge on any atom is -0.327 e. The van der Waals surface area contributed by atoms with Gasteiger partial charge in [-0.2, -0.15) is 13.2 Å². The fourth-order valence-electron chi connectivity index (χ4n) is 1.77. The smallest absolute Gasteiger partial charge is 0.327 e. The van der Waals surface area contributed by atoms with Gasteiger partial charge in [-0.3, -0.25) is 4.79 Å². The van der Waals surface area contributed by atoms with E-state index < -0.39 is 11.7 Å². The van der Waals surface area contributed by atoms with Crippen LogP contribution < -0.4 is 5.73 Å². The third-order valence-electron chi connectivity index (χ3n) is 3.37. The van der Waals surface area contributed by atoms with Crippen molar-refractivity contribution >= 4 is 5.78 Å². The van der Waals surface area contributed by atoms with Crippen LogP contribution in [0.4, 0.5) is 13.2 Å². The summed E-state index contributed by atoms with van der Waals surface area (Å²) in [5, 5.41) is 0. The predicted octanol–water partition coefficient (Wildman–Crippen LogP) is 3.96. The number of nitrogens with two attached hydrogens (primary N) is 1. The van der Waals surface area contributed by atoms with Crippen LogP contribution in [0.2, 0.25) is 0 Å². The van der Waals surface area contributed by atoms with Crippen molar-refractivity contribution in [3.8, 4) is 0 Å². The second-order valence-electron chi connectivity index (χ2n) is 6.13. The van der Waals surface area contributed by atoms with Crippen LogP contribution in [0.15, 0.2) is 18.2 Å². The molecule has 0 aliphatic heterocycles. The minimum absolute atomic E-state index is 0.121. The van der Waals surface area contributed by atoms with Gasteiger partial charge in [0.2, 0.25) is 0 Å². The molecule has 0 saturated heterocycles. The number of hydrogen-bond donors (Lipinski definition) is 1. The summed E-state index contributed by atoms with van der Waals surface area (Å²) in [5.74, 6) is -0.223. The number of carbonyl (C=O) groups is 1. The highest BCUT2D eigenvalue weighted by molar-refractivity contribution is 5.97. The lowest BCUT2D eigenvalue weighted by molar-refractivity contribution is -0.137. The van der Waals surface area contributed by atoms with Gasteiger partial charge in [0.05, 0.1) is 5.56 Å². The van der Waals surface area contributed by atoms with Gasteiger partial charge in [-0.05, 0) is 30.0 Å². The molecule has 1 unspecified atom stereocenters. The summed E-state index contributed by atoms with van der Waals surface area (Å²) in [4.78, 5) is 12.1. The van der Waals surface area contributed by atoms with E-state index in [2.05, 4.69) is 0 Å². The maximum Gasteiger partial charge on any atom is 0.416 e. The van der Waals surface area contributed by atoms with Gasteiger partial charge in [0.15, 0.2) is 5.78 Å². The van der Waals surface area contributed by atoms with E-state index in [1.54, 1.807) is 0 Å². The van der Waals surface area contributed by atoms with Crippen molar-refractivity contribution in [3.63, 3.8) is 0 Å². The number of halogens is 3. The van der Waals surface area contributed by atoms with Crippen LogP contribution in [0.3, 0.4) is 0 Å². The average Bonchev–Trinajstić information content (AvgIpc) is 2.25. The van der Waals surface area contributed by atoms with E-state index in [1.807, 2.05) is 20.8 Å². The van der Waals surface area contributed by atoms with E-state index in [-0.39, 0.29) is 23.7 Å². The number of ketones is 1. The zero-order chi connectivity index (χ0) is 15.7. The summed E-state index contributed by atoms with van der Waals surface area (Å²) in [6, 6.07) is 2.82. The summed E-state index contributed by atoms with van der Waals surface area (Å²) < 4.78 is 37.7. The topological polar surface area (TPSA) is 43.1 Å². The number of Topliss-reactive ketones (excluding diaryl/α,β-unsaturated/α-hetero) is 1. The van der Waals surface area contributed by atoms with Crippen LogP contribution in [-0.4, -0.2) is 11.8 Å². The summed E-state index contributed by atoms with van der Waals surface area (Å²) in [6.45, 7) is 7.27. The van der Waals surface area contributed by atoms with E-state index in [0.717, 1.165) is 12.1 Å². The number of alkyl halides is 3. The molecule has 0 amide bonds. The standard InChI is InChI=1S/C15H20F3NO/c1-9-7-10(15(16,17)18)5-6-11(9)12(20)8-13(19)14(2,3)4/h5-7,13H,8,19H2,1-4H3. The van der Waals surface area contributed by atoms with Gasteiger partial charge in [0.25, 0.3) is 0 Å². The number of rotatable bonds is 3. The van der Waals surface area contributed by atoms with Gasteiger partial charge in [-0.25, -0.2) is 0 Å². The average molecular weight is 287 g/mol. The van der Waals surface area contributed by atoms with Crippen LogP contribution in [0.5, 0.6) is 0 Å². The van der Waals surface area contributed by atoms with E-state index in [4.69, 9.17) is 5.73 Å². The molecule has 0 aromatic heterocycles. The van der Waals surface area contributed by atoms with Crippen molar-refractivity contribution < 1.29 is 18.0 Å². The maximum atomic E-state index is 12.6. The molecule has 0 bridgehead atoms. The first kappa shape index (κ1) is 16.7. The van der Waals surface area contributed by atoms with E-state index in [0.29, 0.717) is 11.1 Å². The number of benzene rings is 1. The quantitative estimate of drug-likeness (QED) is 0.855. The minimum atomic E-state index is -4.39. The number of hydrogen-bond acceptors (Lipinski definition) is 2. The molecule has 1 rings (SSSR count). The molecular weight excluding hydrogens is 267 g/mol. The first-order valence-corrected chi connectivity index (χ1v) is 6.39. The van der Waals surface area contributed by atoms with E-state index in [1.165, 1.54) is 13.0 Å². The third-order valence-corrected chi connectivity index (χ3v) is 3.37. The molecule has 0 fully saturated rings. The fraction of sp³-hybridized carbons (Fsp3) is 0.533. The van der Waals surface area contributed by atoms with Gasteiger partial charge in [0, 0.05) is 18.0 Å². The fourth-order valence-corrected chi connectivity index (χ4v) is 1.77. The lowest BCUT2D eigenvalue weighted by Crippen LogP contribution is -2.37. The largest absolute Gasteiger partial charge is 0.416 e. The molecule has 112 valence electrons. The molecule has 0 heterocycles. The molecule has 20 heavy (non-hydrogen) atoms. The highest BCUT2D eigenvalue weighted by Gasteiger charge is 2.31. The Bertz CT molecular complexity index is 501. The van der Waals surface area contributed by atoms with Gasteiger partial charge in [0.1, 0.15) is 0 Å². The Morgan fingerprint density at radius 2 is 1.80 bits per heavy atom. The Hall–Kier alpha value is -1.36. The van der Waals surface area contributed by atoms with Crippen LogP contribution in [0.25, 0.3) is 0 Å². The molecule has 2 nitrogen and oxygen atoms in total. The Morgan fingerprint density at radius 3 is 2.20 bits per heavy atom. The SMILES string of the molecule is Cc1cc(C(F)(F)F)ccc1C(=O)CC(N)C(C)(C)C. The molecule has 1 aromatic carbocycles. The molecule has 5 heteroatoms. The highest BCUT2D eigenvalue weighted by atomic mass is 19.4. The van der Waals surface area contributed by atoms with Gasteiger partial charge in [-0.1, -0.05) is 26.8 Å². The molecule has 0 radical (unpaired) electrons. The van der Waals surface area contributed by atoms with Crippen LogP contribution >= 0.6 is 0 Å². The maximum absolute atomic E-state index is 12.6. The van der Waals surface area contributed by atoms with Gasteiger partial charge in [-0.15, -0.1) is 0 Å². The monoisotopic (exact) mass is 287 g/mol. The molecule has 0 aliphatic carbocycles. The summed E-state index contributed by atoms with van der Waals surface area (Å²) in [5.41, 5.74) is 5.60. The Balaban J connectivity index is 2.96.